The molecule has 3 rings (SSSR count). The van der Waals surface area contributed by atoms with Gasteiger partial charge in [0.25, 0.3) is 0 Å². The van der Waals surface area contributed by atoms with Crippen LogP contribution < -0.4 is 5.32 Å². The highest BCUT2D eigenvalue weighted by molar-refractivity contribution is 5.53. The highest BCUT2D eigenvalue weighted by atomic mass is 15.2. The van der Waals surface area contributed by atoms with Gasteiger partial charge in [-0.05, 0) is 65.8 Å². The standard InChI is InChI=1S/C20H29N5/c1-14(2)25-11-7-18(8-12-25)23-15(3)19-13-22-20(24-16(19)4)17-5-9-21-10-6-17/h5-6,9-10,13-15,18,23H,7-8,11-12H2,1-4H3. The van der Waals surface area contributed by atoms with Gasteiger partial charge in [0, 0.05) is 53.5 Å². The van der Waals surface area contributed by atoms with Gasteiger partial charge in [-0.2, -0.15) is 0 Å². The second-order valence-electron chi connectivity index (χ2n) is 7.26. The number of likely N-dealkylation sites (tertiary alicyclic amines) is 1. The van der Waals surface area contributed by atoms with E-state index in [9.17, 15) is 0 Å². The zero-order valence-electron chi connectivity index (χ0n) is 15.7. The zero-order chi connectivity index (χ0) is 17.8. The van der Waals surface area contributed by atoms with Crippen molar-refractivity contribution in [2.24, 2.45) is 0 Å². The third-order valence-electron chi connectivity index (χ3n) is 5.17. The molecule has 5 nitrogen and oxygen atoms in total. The third-order valence-corrected chi connectivity index (χ3v) is 5.17. The summed E-state index contributed by atoms with van der Waals surface area (Å²) in [5.41, 5.74) is 3.23. The maximum Gasteiger partial charge on any atom is 0.159 e. The van der Waals surface area contributed by atoms with Gasteiger partial charge in [0.05, 0.1) is 0 Å². The van der Waals surface area contributed by atoms with Gasteiger partial charge in [-0.15, -0.1) is 0 Å². The minimum absolute atomic E-state index is 0.266. The molecular weight excluding hydrogens is 310 g/mol. The van der Waals surface area contributed by atoms with E-state index in [0.717, 1.165) is 17.1 Å². The Bertz CT molecular complexity index is 678. The molecule has 0 bridgehead atoms. The Morgan fingerprint density at radius 1 is 1.12 bits per heavy atom. The molecule has 134 valence electrons. The van der Waals surface area contributed by atoms with E-state index >= 15 is 0 Å². The van der Waals surface area contributed by atoms with Crippen molar-refractivity contribution in [3.05, 3.63) is 42.0 Å². The number of rotatable bonds is 5. The van der Waals surface area contributed by atoms with Crippen LogP contribution in [0.2, 0.25) is 0 Å². The molecule has 1 fully saturated rings. The number of hydrogen-bond donors (Lipinski definition) is 1. The molecule has 3 heterocycles. The summed E-state index contributed by atoms with van der Waals surface area (Å²) >= 11 is 0. The van der Waals surface area contributed by atoms with Crippen LogP contribution in [0, 0.1) is 6.92 Å². The quantitative estimate of drug-likeness (QED) is 0.905. The molecule has 1 aliphatic rings. The van der Waals surface area contributed by atoms with Crippen LogP contribution in [0.1, 0.15) is 50.9 Å². The molecule has 1 saturated heterocycles. The van der Waals surface area contributed by atoms with Crippen molar-refractivity contribution in [2.45, 2.75) is 58.7 Å². The number of nitrogens with zero attached hydrogens (tertiary/aromatic N) is 4. The van der Waals surface area contributed by atoms with Crippen molar-refractivity contribution < 1.29 is 0 Å². The normalized spacial score (nSPS) is 17.8. The second kappa shape index (κ2) is 8.02. The topological polar surface area (TPSA) is 53.9 Å². The van der Waals surface area contributed by atoms with Crippen molar-refractivity contribution in [2.75, 3.05) is 13.1 Å². The predicted octanol–water partition coefficient (Wildman–Crippen LogP) is 3.37. The Kier molecular flexibility index (Phi) is 5.76. The minimum Gasteiger partial charge on any atom is -0.307 e. The fourth-order valence-corrected chi connectivity index (χ4v) is 3.57. The van der Waals surface area contributed by atoms with Gasteiger partial charge in [-0.25, -0.2) is 9.97 Å². The monoisotopic (exact) mass is 339 g/mol. The summed E-state index contributed by atoms with van der Waals surface area (Å²) < 4.78 is 0. The first kappa shape index (κ1) is 18.0. The molecule has 1 atom stereocenters. The zero-order valence-corrected chi connectivity index (χ0v) is 15.7. The number of hydrogen-bond acceptors (Lipinski definition) is 5. The first-order valence-electron chi connectivity index (χ1n) is 9.28. The van der Waals surface area contributed by atoms with Crippen molar-refractivity contribution in [1.29, 1.82) is 0 Å². The summed E-state index contributed by atoms with van der Waals surface area (Å²) in [5, 5.41) is 3.78. The van der Waals surface area contributed by atoms with Gasteiger partial charge in [-0.3, -0.25) is 4.98 Å². The summed E-state index contributed by atoms with van der Waals surface area (Å²) in [6.45, 7) is 11.2. The van der Waals surface area contributed by atoms with Crippen LogP contribution in [0.15, 0.2) is 30.7 Å². The fourth-order valence-electron chi connectivity index (χ4n) is 3.57. The molecule has 0 amide bonds. The van der Waals surface area contributed by atoms with Crippen molar-refractivity contribution >= 4 is 0 Å². The van der Waals surface area contributed by atoms with E-state index in [1.807, 2.05) is 18.3 Å². The van der Waals surface area contributed by atoms with Crippen LogP contribution in [0.3, 0.4) is 0 Å². The highest BCUT2D eigenvalue weighted by Gasteiger charge is 2.23. The van der Waals surface area contributed by atoms with Crippen molar-refractivity contribution in [1.82, 2.24) is 25.2 Å². The van der Waals surface area contributed by atoms with Crippen LogP contribution in [0.5, 0.6) is 0 Å². The van der Waals surface area contributed by atoms with E-state index in [1.165, 1.54) is 31.5 Å². The first-order chi connectivity index (χ1) is 12.0. The summed E-state index contributed by atoms with van der Waals surface area (Å²) in [5.74, 6) is 0.765. The number of nitrogens with one attached hydrogen (secondary N) is 1. The SMILES string of the molecule is Cc1nc(-c2ccncc2)ncc1C(C)NC1CCN(C(C)C)CC1. The smallest absolute Gasteiger partial charge is 0.159 e. The lowest BCUT2D eigenvalue weighted by atomic mass is 10.0. The average Bonchev–Trinajstić information content (AvgIpc) is 2.62. The van der Waals surface area contributed by atoms with E-state index in [-0.39, 0.29) is 6.04 Å². The van der Waals surface area contributed by atoms with Crippen LogP contribution in [-0.2, 0) is 0 Å². The molecule has 0 saturated carbocycles. The van der Waals surface area contributed by atoms with E-state index in [1.54, 1.807) is 12.4 Å². The molecular formula is C20H29N5. The predicted molar refractivity (Wildman–Crippen MR) is 101 cm³/mol. The Labute approximate surface area is 150 Å². The fraction of sp³-hybridized carbons (Fsp3) is 0.550. The van der Waals surface area contributed by atoms with Gasteiger partial charge in [0.15, 0.2) is 5.82 Å². The third kappa shape index (κ3) is 4.41. The molecule has 1 aliphatic heterocycles. The van der Waals surface area contributed by atoms with Gasteiger partial charge >= 0.3 is 0 Å². The summed E-state index contributed by atoms with van der Waals surface area (Å²) in [6, 6.07) is 5.37. The Hall–Kier alpha value is -1.85. The maximum atomic E-state index is 4.71. The number of pyridine rings is 1. The molecule has 5 heteroatoms. The van der Waals surface area contributed by atoms with Crippen LogP contribution >= 0.6 is 0 Å². The van der Waals surface area contributed by atoms with E-state index in [2.05, 4.69) is 47.9 Å². The molecule has 1 N–H and O–H groups in total. The van der Waals surface area contributed by atoms with Crippen molar-refractivity contribution in [3.8, 4) is 11.4 Å². The molecule has 0 aliphatic carbocycles. The lowest BCUT2D eigenvalue weighted by molar-refractivity contribution is 0.157. The average molecular weight is 339 g/mol. The largest absolute Gasteiger partial charge is 0.307 e. The van der Waals surface area contributed by atoms with E-state index in [4.69, 9.17) is 4.98 Å². The molecule has 2 aromatic heterocycles. The summed E-state index contributed by atoms with van der Waals surface area (Å²) in [7, 11) is 0. The molecule has 0 radical (unpaired) electrons. The molecule has 2 aromatic rings. The van der Waals surface area contributed by atoms with Crippen LogP contribution in [0.4, 0.5) is 0 Å². The van der Waals surface area contributed by atoms with Gasteiger partial charge < -0.3 is 10.2 Å². The van der Waals surface area contributed by atoms with Crippen molar-refractivity contribution in [3.63, 3.8) is 0 Å². The lowest BCUT2D eigenvalue weighted by Gasteiger charge is -2.36. The van der Waals surface area contributed by atoms with Crippen LogP contribution in [-0.4, -0.2) is 45.0 Å². The van der Waals surface area contributed by atoms with Crippen LogP contribution in [0.25, 0.3) is 11.4 Å². The molecule has 0 aromatic carbocycles. The van der Waals surface area contributed by atoms with Gasteiger partial charge in [-0.1, -0.05) is 0 Å². The lowest BCUT2D eigenvalue weighted by Crippen LogP contribution is -2.45. The second-order valence-corrected chi connectivity index (χ2v) is 7.26. The Balaban J connectivity index is 1.64. The minimum atomic E-state index is 0.266. The summed E-state index contributed by atoms with van der Waals surface area (Å²) in [4.78, 5) is 15.9. The number of aryl methyl sites for hydroxylation is 1. The summed E-state index contributed by atoms with van der Waals surface area (Å²) in [6.07, 6.45) is 7.93. The molecule has 0 spiro atoms. The van der Waals surface area contributed by atoms with E-state index < -0.39 is 0 Å². The number of aromatic nitrogens is 3. The van der Waals surface area contributed by atoms with Gasteiger partial charge in [0.1, 0.15) is 0 Å². The molecule has 1 unspecified atom stereocenters. The number of piperidine rings is 1. The van der Waals surface area contributed by atoms with E-state index in [0.29, 0.717) is 12.1 Å². The molecule has 25 heavy (non-hydrogen) atoms. The van der Waals surface area contributed by atoms with Gasteiger partial charge in [0.2, 0.25) is 0 Å². The Morgan fingerprint density at radius 3 is 2.40 bits per heavy atom. The maximum absolute atomic E-state index is 4.71. The highest BCUT2D eigenvalue weighted by Crippen LogP contribution is 2.22. The Morgan fingerprint density at radius 2 is 1.80 bits per heavy atom. The first-order valence-corrected chi connectivity index (χ1v) is 9.28.